The van der Waals surface area contributed by atoms with Crippen molar-refractivity contribution >= 4 is 17.4 Å². The number of likely N-dealkylation sites (tertiary alicyclic amines) is 1. The standard InChI is InChI=1S/C19H22N4OS/c1-3-22-10-9-15(13-22)24-19-8-7-18-20-12-17(23(18)21-19)14-5-4-6-16(11-14)25-2/h4-8,11-12,15H,3,9-10,13H2,1-2H3. The first-order valence-electron chi connectivity index (χ1n) is 8.65. The van der Waals surface area contributed by atoms with Gasteiger partial charge in [0.15, 0.2) is 5.65 Å². The van der Waals surface area contributed by atoms with Crippen molar-refractivity contribution in [2.75, 3.05) is 25.9 Å². The third-order valence-corrected chi connectivity index (χ3v) is 5.39. The number of fused-ring (bicyclic) bond motifs is 1. The molecule has 0 N–H and O–H groups in total. The average molecular weight is 354 g/mol. The molecule has 2 aromatic heterocycles. The van der Waals surface area contributed by atoms with Gasteiger partial charge in [0.25, 0.3) is 0 Å². The first kappa shape index (κ1) is 16.4. The second kappa shape index (κ2) is 7.06. The second-order valence-corrected chi connectivity index (χ2v) is 7.12. The molecular formula is C19H22N4OS. The molecule has 3 aromatic rings. The number of thioether (sulfide) groups is 1. The highest BCUT2D eigenvalue weighted by Crippen LogP contribution is 2.26. The zero-order chi connectivity index (χ0) is 17.2. The van der Waals surface area contributed by atoms with Crippen LogP contribution in [-0.2, 0) is 0 Å². The Bertz CT molecular complexity index is 879. The first-order valence-corrected chi connectivity index (χ1v) is 9.87. The normalized spacial score (nSPS) is 18.1. The molecule has 0 radical (unpaired) electrons. The Morgan fingerprint density at radius 1 is 1.28 bits per heavy atom. The van der Waals surface area contributed by atoms with E-state index in [-0.39, 0.29) is 6.10 Å². The van der Waals surface area contributed by atoms with Crippen molar-refractivity contribution in [3.8, 4) is 17.1 Å². The predicted molar refractivity (Wildman–Crippen MR) is 101 cm³/mol. The highest BCUT2D eigenvalue weighted by molar-refractivity contribution is 7.98. The molecule has 1 atom stereocenters. The number of hydrogen-bond acceptors (Lipinski definition) is 5. The van der Waals surface area contributed by atoms with Gasteiger partial charge in [-0.3, -0.25) is 4.90 Å². The lowest BCUT2D eigenvalue weighted by molar-refractivity contribution is 0.192. The van der Waals surface area contributed by atoms with Crippen molar-refractivity contribution in [1.29, 1.82) is 0 Å². The lowest BCUT2D eigenvalue weighted by Gasteiger charge is -2.14. The lowest BCUT2D eigenvalue weighted by Crippen LogP contribution is -2.24. The summed E-state index contributed by atoms with van der Waals surface area (Å²) in [7, 11) is 0. The van der Waals surface area contributed by atoms with Crippen molar-refractivity contribution in [2.45, 2.75) is 24.3 Å². The summed E-state index contributed by atoms with van der Waals surface area (Å²) < 4.78 is 7.99. The van der Waals surface area contributed by atoms with Crippen LogP contribution in [0.1, 0.15) is 13.3 Å². The number of hydrogen-bond donors (Lipinski definition) is 0. The molecule has 1 saturated heterocycles. The van der Waals surface area contributed by atoms with E-state index in [0.717, 1.165) is 43.0 Å². The molecule has 25 heavy (non-hydrogen) atoms. The minimum absolute atomic E-state index is 0.219. The molecule has 3 heterocycles. The smallest absolute Gasteiger partial charge is 0.232 e. The molecule has 1 fully saturated rings. The predicted octanol–water partition coefficient (Wildman–Crippen LogP) is 3.59. The molecule has 1 aliphatic rings. The van der Waals surface area contributed by atoms with E-state index in [1.54, 1.807) is 11.8 Å². The molecule has 0 aliphatic carbocycles. The molecule has 4 rings (SSSR count). The van der Waals surface area contributed by atoms with Crippen molar-refractivity contribution in [1.82, 2.24) is 19.5 Å². The third kappa shape index (κ3) is 3.37. The maximum absolute atomic E-state index is 6.12. The van der Waals surface area contributed by atoms with E-state index >= 15 is 0 Å². The molecule has 130 valence electrons. The summed E-state index contributed by atoms with van der Waals surface area (Å²) in [4.78, 5) is 8.11. The summed E-state index contributed by atoms with van der Waals surface area (Å²) in [6.45, 7) is 5.33. The molecule has 0 bridgehead atoms. The molecule has 0 amide bonds. The minimum Gasteiger partial charge on any atom is -0.472 e. The fourth-order valence-corrected chi connectivity index (χ4v) is 3.71. The van der Waals surface area contributed by atoms with Crippen LogP contribution in [0.3, 0.4) is 0 Å². The topological polar surface area (TPSA) is 42.7 Å². The molecule has 5 nitrogen and oxygen atoms in total. The second-order valence-electron chi connectivity index (χ2n) is 6.24. The number of nitrogens with zero attached hydrogens (tertiary/aromatic N) is 4. The fourth-order valence-electron chi connectivity index (χ4n) is 3.25. The van der Waals surface area contributed by atoms with E-state index in [9.17, 15) is 0 Å². The van der Waals surface area contributed by atoms with Crippen LogP contribution in [0.25, 0.3) is 16.9 Å². The van der Waals surface area contributed by atoms with Gasteiger partial charge in [-0.25, -0.2) is 9.50 Å². The molecule has 1 aromatic carbocycles. The third-order valence-electron chi connectivity index (χ3n) is 4.67. The van der Waals surface area contributed by atoms with E-state index in [1.165, 1.54) is 4.90 Å². The summed E-state index contributed by atoms with van der Waals surface area (Å²) in [6, 6.07) is 12.3. The van der Waals surface area contributed by atoms with Crippen LogP contribution in [0.5, 0.6) is 5.88 Å². The summed E-state index contributed by atoms with van der Waals surface area (Å²) in [6.07, 6.45) is 5.23. The van der Waals surface area contributed by atoms with E-state index < -0.39 is 0 Å². The summed E-state index contributed by atoms with van der Waals surface area (Å²) in [5.41, 5.74) is 2.93. The van der Waals surface area contributed by atoms with Crippen LogP contribution in [0, 0.1) is 0 Å². The van der Waals surface area contributed by atoms with Crippen LogP contribution >= 0.6 is 11.8 Å². The van der Waals surface area contributed by atoms with Crippen LogP contribution < -0.4 is 4.74 Å². The largest absolute Gasteiger partial charge is 0.472 e. The van der Waals surface area contributed by atoms with E-state index in [0.29, 0.717) is 5.88 Å². The summed E-state index contributed by atoms with van der Waals surface area (Å²) in [5.74, 6) is 0.663. The molecule has 1 unspecified atom stereocenters. The molecule has 6 heteroatoms. The Kier molecular flexibility index (Phi) is 4.63. The lowest BCUT2D eigenvalue weighted by atomic mass is 10.2. The van der Waals surface area contributed by atoms with E-state index in [4.69, 9.17) is 4.74 Å². The van der Waals surface area contributed by atoms with Gasteiger partial charge in [-0.1, -0.05) is 19.1 Å². The number of benzene rings is 1. The Morgan fingerprint density at radius 3 is 3.00 bits per heavy atom. The maximum atomic E-state index is 6.12. The number of likely N-dealkylation sites (N-methyl/N-ethyl adjacent to an activating group) is 1. The van der Waals surface area contributed by atoms with Crippen molar-refractivity contribution in [3.05, 3.63) is 42.6 Å². The van der Waals surface area contributed by atoms with Gasteiger partial charge in [-0.2, -0.15) is 0 Å². The molecular weight excluding hydrogens is 332 g/mol. The zero-order valence-corrected chi connectivity index (χ0v) is 15.4. The summed E-state index contributed by atoms with van der Waals surface area (Å²) >= 11 is 1.73. The van der Waals surface area contributed by atoms with Crippen LogP contribution in [0.15, 0.2) is 47.5 Å². The van der Waals surface area contributed by atoms with Gasteiger partial charge >= 0.3 is 0 Å². The number of ether oxygens (including phenoxy) is 1. The van der Waals surface area contributed by atoms with Crippen molar-refractivity contribution in [3.63, 3.8) is 0 Å². The monoisotopic (exact) mass is 354 g/mol. The number of rotatable bonds is 5. The Morgan fingerprint density at radius 2 is 2.20 bits per heavy atom. The van der Waals surface area contributed by atoms with E-state index in [1.807, 2.05) is 22.8 Å². The Labute approximate surface area is 152 Å². The van der Waals surface area contributed by atoms with Gasteiger partial charge in [-0.15, -0.1) is 16.9 Å². The van der Waals surface area contributed by atoms with Crippen molar-refractivity contribution in [2.24, 2.45) is 0 Å². The first-order chi connectivity index (χ1) is 12.3. The zero-order valence-electron chi connectivity index (χ0n) is 14.6. The van der Waals surface area contributed by atoms with Gasteiger partial charge in [0, 0.05) is 29.6 Å². The molecule has 0 saturated carbocycles. The van der Waals surface area contributed by atoms with Crippen molar-refractivity contribution < 1.29 is 4.74 Å². The van der Waals surface area contributed by atoms with Crippen LogP contribution in [0.2, 0.25) is 0 Å². The van der Waals surface area contributed by atoms with Gasteiger partial charge in [0.05, 0.1) is 11.9 Å². The fraction of sp³-hybridized carbons (Fsp3) is 0.368. The Hall–Kier alpha value is -2.05. The maximum Gasteiger partial charge on any atom is 0.232 e. The number of aromatic nitrogens is 3. The molecule has 1 aliphatic heterocycles. The quantitative estimate of drug-likeness (QED) is 0.655. The van der Waals surface area contributed by atoms with Crippen LogP contribution in [-0.4, -0.2) is 51.5 Å². The highest BCUT2D eigenvalue weighted by atomic mass is 32.2. The minimum atomic E-state index is 0.219. The highest BCUT2D eigenvalue weighted by Gasteiger charge is 2.23. The SMILES string of the molecule is CCN1CCC(Oc2ccc3ncc(-c4cccc(SC)c4)n3n2)C1. The summed E-state index contributed by atoms with van der Waals surface area (Å²) in [5, 5.41) is 4.69. The van der Waals surface area contributed by atoms with Crippen LogP contribution in [0.4, 0.5) is 0 Å². The average Bonchev–Trinajstić information content (AvgIpc) is 3.28. The van der Waals surface area contributed by atoms with E-state index in [2.05, 4.69) is 52.4 Å². The number of imidazole rings is 1. The van der Waals surface area contributed by atoms with Gasteiger partial charge < -0.3 is 4.74 Å². The van der Waals surface area contributed by atoms with Gasteiger partial charge in [0.2, 0.25) is 5.88 Å². The Balaban J connectivity index is 1.63. The molecule has 0 spiro atoms. The van der Waals surface area contributed by atoms with Gasteiger partial charge in [0.1, 0.15) is 6.10 Å². The van der Waals surface area contributed by atoms with Gasteiger partial charge in [-0.05, 0) is 37.4 Å².